The molecule has 1 atom stereocenters. The number of thioether (sulfide) groups is 1. The summed E-state index contributed by atoms with van der Waals surface area (Å²) in [4.78, 5) is 15.2. The Hall–Kier alpha value is -1.00. The van der Waals surface area contributed by atoms with Crippen molar-refractivity contribution in [3.05, 3.63) is 35.9 Å². The molecular formula is C21H30N2OS. The summed E-state index contributed by atoms with van der Waals surface area (Å²) in [6.45, 7) is 3.19. The largest absolute Gasteiger partial charge is 0.356 e. The highest BCUT2D eigenvalue weighted by Crippen LogP contribution is 2.59. The predicted molar refractivity (Wildman–Crippen MR) is 105 cm³/mol. The zero-order valence-corrected chi connectivity index (χ0v) is 15.9. The van der Waals surface area contributed by atoms with Gasteiger partial charge in [-0.2, -0.15) is 11.8 Å². The molecule has 1 spiro atoms. The van der Waals surface area contributed by atoms with Crippen molar-refractivity contribution >= 4 is 17.7 Å². The molecule has 0 radical (unpaired) electrons. The average Bonchev–Trinajstić information content (AvgIpc) is 3.37. The smallest absolute Gasteiger partial charge is 0.223 e. The third-order valence-electron chi connectivity index (χ3n) is 6.56. The van der Waals surface area contributed by atoms with Gasteiger partial charge in [-0.15, -0.1) is 0 Å². The first-order valence-corrected chi connectivity index (χ1v) is 11.1. The zero-order valence-electron chi connectivity index (χ0n) is 15.1. The van der Waals surface area contributed by atoms with Crippen molar-refractivity contribution in [1.29, 1.82) is 0 Å². The molecule has 25 heavy (non-hydrogen) atoms. The van der Waals surface area contributed by atoms with Crippen LogP contribution < -0.4 is 5.32 Å². The standard InChI is InChI=1S/C21H30N2OS/c24-20(22-11-6-17-4-2-1-3-5-17)19-16-21(19)9-12-23(13-10-21)18-7-14-25-15-8-18/h1-5,18-19H,6-16H2,(H,22,24). The van der Waals surface area contributed by atoms with Gasteiger partial charge >= 0.3 is 0 Å². The van der Waals surface area contributed by atoms with Crippen LogP contribution in [0.4, 0.5) is 0 Å². The number of nitrogens with zero attached hydrogens (tertiary/aromatic N) is 1. The van der Waals surface area contributed by atoms with Crippen molar-refractivity contribution in [3.8, 4) is 0 Å². The van der Waals surface area contributed by atoms with Gasteiger partial charge in [0.05, 0.1) is 0 Å². The van der Waals surface area contributed by atoms with Crippen LogP contribution in [0, 0.1) is 11.3 Å². The van der Waals surface area contributed by atoms with E-state index < -0.39 is 0 Å². The summed E-state index contributed by atoms with van der Waals surface area (Å²) >= 11 is 2.11. The molecule has 4 rings (SSSR count). The summed E-state index contributed by atoms with van der Waals surface area (Å²) in [7, 11) is 0. The number of piperidine rings is 1. The van der Waals surface area contributed by atoms with Crippen molar-refractivity contribution in [2.24, 2.45) is 11.3 Å². The molecule has 2 heterocycles. The van der Waals surface area contributed by atoms with E-state index in [1.54, 1.807) is 0 Å². The van der Waals surface area contributed by atoms with E-state index >= 15 is 0 Å². The van der Waals surface area contributed by atoms with Crippen LogP contribution in [-0.2, 0) is 11.2 Å². The molecule has 1 aromatic rings. The van der Waals surface area contributed by atoms with E-state index in [1.165, 1.54) is 55.8 Å². The van der Waals surface area contributed by atoms with Gasteiger partial charge in [-0.25, -0.2) is 0 Å². The molecule has 0 aromatic heterocycles. The van der Waals surface area contributed by atoms with Gasteiger partial charge in [0, 0.05) is 18.5 Å². The summed E-state index contributed by atoms with van der Waals surface area (Å²) in [6, 6.07) is 11.2. The minimum absolute atomic E-state index is 0.285. The van der Waals surface area contributed by atoms with Gasteiger partial charge < -0.3 is 10.2 Å². The third-order valence-corrected chi connectivity index (χ3v) is 7.61. The highest BCUT2D eigenvalue weighted by molar-refractivity contribution is 7.99. The normalized spacial score (nSPS) is 26.5. The van der Waals surface area contributed by atoms with Crippen LogP contribution in [0.1, 0.15) is 37.7 Å². The molecule has 1 aliphatic carbocycles. The van der Waals surface area contributed by atoms with E-state index in [4.69, 9.17) is 0 Å². The summed E-state index contributed by atoms with van der Waals surface area (Å²) in [6.07, 6.45) is 7.24. The Morgan fingerprint density at radius 1 is 1.16 bits per heavy atom. The fraction of sp³-hybridized carbons (Fsp3) is 0.667. The van der Waals surface area contributed by atoms with Crippen LogP contribution in [0.3, 0.4) is 0 Å². The van der Waals surface area contributed by atoms with Gasteiger partial charge in [-0.1, -0.05) is 30.3 Å². The maximum Gasteiger partial charge on any atom is 0.223 e. The maximum atomic E-state index is 12.5. The second kappa shape index (κ2) is 7.71. The van der Waals surface area contributed by atoms with Crippen LogP contribution >= 0.6 is 11.8 Å². The fourth-order valence-electron chi connectivity index (χ4n) is 4.75. The quantitative estimate of drug-likeness (QED) is 0.876. The number of nitrogens with one attached hydrogen (secondary N) is 1. The van der Waals surface area contributed by atoms with Gasteiger partial charge in [0.1, 0.15) is 0 Å². The first kappa shape index (κ1) is 17.4. The Morgan fingerprint density at radius 3 is 2.60 bits per heavy atom. The monoisotopic (exact) mass is 358 g/mol. The molecule has 1 unspecified atom stereocenters. The predicted octanol–water partition coefficient (Wildman–Crippen LogP) is 3.34. The minimum atomic E-state index is 0.285. The van der Waals surface area contributed by atoms with Crippen molar-refractivity contribution < 1.29 is 4.79 Å². The lowest BCUT2D eigenvalue weighted by atomic mass is 9.89. The highest BCUT2D eigenvalue weighted by Gasteiger charge is 2.58. The lowest BCUT2D eigenvalue weighted by Crippen LogP contribution is -2.44. The van der Waals surface area contributed by atoms with Crippen molar-refractivity contribution in [2.45, 2.75) is 44.6 Å². The molecule has 2 aliphatic heterocycles. The number of carbonyl (C=O) groups is 1. The van der Waals surface area contributed by atoms with E-state index in [9.17, 15) is 4.79 Å². The summed E-state index contributed by atoms with van der Waals surface area (Å²) in [5, 5.41) is 3.18. The van der Waals surface area contributed by atoms with Crippen molar-refractivity contribution in [1.82, 2.24) is 10.2 Å². The third kappa shape index (κ3) is 4.06. The molecule has 3 aliphatic rings. The lowest BCUT2D eigenvalue weighted by molar-refractivity contribution is -0.123. The molecule has 136 valence electrons. The van der Waals surface area contributed by atoms with E-state index in [2.05, 4.69) is 46.2 Å². The Bertz CT molecular complexity index is 577. The topological polar surface area (TPSA) is 32.3 Å². The summed E-state index contributed by atoms with van der Waals surface area (Å²) < 4.78 is 0. The minimum Gasteiger partial charge on any atom is -0.356 e. The molecule has 2 saturated heterocycles. The van der Waals surface area contributed by atoms with Crippen LogP contribution in [0.2, 0.25) is 0 Å². The maximum absolute atomic E-state index is 12.5. The van der Waals surface area contributed by atoms with Gasteiger partial charge in [-0.05, 0) is 74.1 Å². The number of benzene rings is 1. The van der Waals surface area contributed by atoms with Crippen molar-refractivity contribution in [2.75, 3.05) is 31.1 Å². The second-order valence-corrected chi connectivity index (χ2v) is 9.25. The molecule has 4 heteroatoms. The summed E-state index contributed by atoms with van der Waals surface area (Å²) in [5.74, 6) is 3.25. The Kier molecular flexibility index (Phi) is 5.37. The first-order valence-electron chi connectivity index (χ1n) is 9.90. The van der Waals surface area contributed by atoms with E-state index in [1.807, 2.05) is 6.07 Å². The SMILES string of the molecule is O=C(NCCc1ccccc1)C1CC12CCN(C1CCSCC1)CC2. The number of amides is 1. The van der Waals surface area contributed by atoms with Gasteiger partial charge in [-0.3, -0.25) is 4.79 Å². The fourth-order valence-corrected chi connectivity index (χ4v) is 5.84. The Morgan fingerprint density at radius 2 is 1.88 bits per heavy atom. The molecule has 1 amide bonds. The van der Waals surface area contributed by atoms with E-state index in [0.29, 0.717) is 11.3 Å². The Labute approximate surface area is 155 Å². The molecule has 0 bridgehead atoms. The number of likely N-dealkylation sites (tertiary alicyclic amines) is 1. The molecular weight excluding hydrogens is 328 g/mol. The molecule has 1 saturated carbocycles. The molecule has 3 fully saturated rings. The zero-order chi connectivity index (χ0) is 17.1. The number of hydrogen-bond donors (Lipinski definition) is 1. The first-order chi connectivity index (χ1) is 12.3. The van der Waals surface area contributed by atoms with Crippen LogP contribution in [0.25, 0.3) is 0 Å². The molecule has 3 nitrogen and oxygen atoms in total. The highest BCUT2D eigenvalue weighted by atomic mass is 32.2. The average molecular weight is 359 g/mol. The van der Waals surface area contributed by atoms with Gasteiger partial charge in [0.15, 0.2) is 0 Å². The van der Waals surface area contributed by atoms with E-state index in [0.717, 1.165) is 25.4 Å². The number of hydrogen-bond acceptors (Lipinski definition) is 3. The second-order valence-electron chi connectivity index (χ2n) is 8.03. The number of carbonyl (C=O) groups excluding carboxylic acids is 1. The van der Waals surface area contributed by atoms with Gasteiger partial charge in [0.2, 0.25) is 5.91 Å². The Balaban J connectivity index is 1.20. The van der Waals surface area contributed by atoms with Crippen molar-refractivity contribution in [3.63, 3.8) is 0 Å². The van der Waals surface area contributed by atoms with Crippen LogP contribution in [0.15, 0.2) is 30.3 Å². The van der Waals surface area contributed by atoms with Crippen LogP contribution in [-0.4, -0.2) is 48.0 Å². The molecule has 1 N–H and O–H groups in total. The molecule has 1 aromatic carbocycles. The number of rotatable bonds is 5. The summed E-state index contributed by atoms with van der Waals surface area (Å²) in [5.41, 5.74) is 1.64. The van der Waals surface area contributed by atoms with Gasteiger partial charge in [0.25, 0.3) is 0 Å². The lowest BCUT2D eigenvalue weighted by Gasteiger charge is -2.39. The van der Waals surface area contributed by atoms with E-state index in [-0.39, 0.29) is 5.92 Å². The van der Waals surface area contributed by atoms with Crippen LogP contribution in [0.5, 0.6) is 0 Å².